The first-order valence-electron chi connectivity index (χ1n) is 6.45. The Labute approximate surface area is 136 Å². The number of pyridine rings is 1. The monoisotopic (exact) mass is 365 g/mol. The van der Waals surface area contributed by atoms with Crippen LogP contribution in [-0.2, 0) is 0 Å². The van der Waals surface area contributed by atoms with Crippen LogP contribution in [0.4, 0.5) is 32.0 Å². The smallest absolute Gasteiger partial charge is 0.387 e. The number of aromatic nitrogens is 1. The zero-order valence-electron chi connectivity index (χ0n) is 12.4. The molecule has 0 saturated carbocycles. The number of nitrogens with zero attached hydrogens (tertiary/aromatic N) is 2. The first-order valence-corrected chi connectivity index (χ1v) is 6.45. The molecule has 0 bridgehead atoms. The Morgan fingerprint density at radius 1 is 1.08 bits per heavy atom. The van der Waals surface area contributed by atoms with Gasteiger partial charge in [-0.25, -0.2) is 0 Å². The second-order valence-corrected chi connectivity index (χ2v) is 4.36. The van der Waals surface area contributed by atoms with Crippen molar-refractivity contribution in [3.05, 3.63) is 47.3 Å². The van der Waals surface area contributed by atoms with Crippen LogP contribution in [0.1, 0.15) is 5.56 Å². The Morgan fingerprint density at radius 2 is 1.72 bits per heavy atom. The lowest BCUT2D eigenvalue weighted by atomic mass is 10.2. The van der Waals surface area contributed by atoms with Crippen LogP contribution in [0.5, 0.6) is 11.5 Å². The van der Waals surface area contributed by atoms with E-state index in [-0.39, 0.29) is 17.1 Å². The highest BCUT2D eigenvalue weighted by atomic mass is 19.3. The van der Waals surface area contributed by atoms with Gasteiger partial charge in [0.15, 0.2) is 11.5 Å². The van der Waals surface area contributed by atoms with E-state index in [4.69, 9.17) is 4.74 Å². The van der Waals surface area contributed by atoms with E-state index in [2.05, 4.69) is 14.8 Å². The van der Waals surface area contributed by atoms with Crippen molar-refractivity contribution in [2.24, 2.45) is 5.10 Å². The van der Waals surface area contributed by atoms with E-state index in [1.165, 1.54) is 19.2 Å². The number of benzene rings is 1. The zero-order valence-corrected chi connectivity index (χ0v) is 12.4. The quantitative estimate of drug-likeness (QED) is 0.367. The van der Waals surface area contributed by atoms with E-state index >= 15 is 0 Å². The molecule has 0 aliphatic carbocycles. The number of methoxy groups -OCH3 is 1. The molecule has 0 radical (unpaired) electrons. The van der Waals surface area contributed by atoms with Gasteiger partial charge in [0.05, 0.1) is 13.3 Å². The fourth-order valence-corrected chi connectivity index (χ4v) is 1.71. The fourth-order valence-electron chi connectivity index (χ4n) is 1.71. The summed E-state index contributed by atoms with van der Waals surface area (Å²) in [7, 11) is 1.21. The van der Waals surface area contributed by atoms with Gasteiger partial charge >= 0.3 is 6.61 Å². The van der Waals surface area contributed by atoms with Crippen molar-refractivity contribution in [1.82, 2.24) is 4.98 Å². The summed E-state index contributed by atoms with van der Waals surface area (Å²) in [5.41, 5.74) is 0.880. The molecule has 1 heterocycles. The fraction of sp³-hybridized carbons (Fsp3) is 0.143. The molecule has 25 heavy (non-hydrogen) atoms. The molecule has 0 unspecified atom stereocenters. The summed E-state index contributed by atoms with van der Waals surface area (Å²) in [5.74, 6) is -7.48. The summed E-state index contributed by atoms with van der Waals surface area (Å²) in [6, 6.07) is 3.68. The van der Waals surface area contributed by atoms with Crippen molar-refractivity contribution < 1.29 is 35.8 Å². The van der Waals surface area contributed by atoms with E-state index in [1.54, 1.807) is 5.43 Å². The maximum atomic E-state index is 13.4. The molecule has 0 saturated heterocycles. The molecule has 134 valence electrons. The molecule has 0 aliphatic rings. The molecule has 1 N–H and O–H groups in total. The van der Waals surface area contributed by atoms with Gasteiger partial charge in [-0.2, -0.15) is 36.4 Å². The Hall–Kier alpha value is -2.98. The zero-order chi connectivity index (χ0) is 18.6. The Kier molecular flexibility index (Phi) is 5.67. The van der Waals surface area contributed by atoms with Crippen LogP contribution in [0.2, 0.25) is 0 Å². The normalized spacial score (nSPS) is 11.2. The third kappa shape index (κ3) is 4.31. The van der Waals surface area contributed by atoms with Crippen molar-refractivity contribution in [1.29, 1.82) is 0 Å². The molecule has 0 atom stereocenters. The lowest BCUT2D eigenvalue weighted by molar-refractivity contribution is -0.0512. The highest BCUT2D eigenvalue weighted by Gasteiger charge is 2.20. The summed E-state index contributed by atoms with van der Waals surface area (Å²) < 4.78 is 86.1. The van der Waals surface area contributed by atoms with Crippen molar-refractivity contribution in [3.63, 3.8) is 0 Å². The second-order valence-electron chi connectivity index (χ2n) is 4.36. The molecule has 2 rings (SSSR count). The Morgan fingerprint density at radius 3 is 2.28 bits per heavy atom. The maximum absolute atomic E-state index is 13.4. The van der Waals surface area contributed by atoms with Crippen molar-refractivity contribution in [2.45, 2.75) is 6.61 Å². The van der Waals surface area contributed by atoms with Crippen molar-refractivity contribution >= 4 is 11.9 Å². The van der Waals surface area contributed by atoms with E-state index in [0.29, 0.717) is 0 Å². The first-order chi connectivity index (χ1) is 11.8. The summed E-state index contributed by atoms with van der Waals surface area (Å²) in [5, 5.41) is 3.42. The molecule has 1 aromatic carbocycles. The van der Waals surface area contributed by atoms with Gasteiger partial charge in [0.1, 0.15) is 5.69 Å². The van der Waals surface area contributed by atoms with Crippen LogP contribution in [0.25, 0.3) is 0 Å². The van der Waals surface area contributed by atoms with Crippen LogP contribution >= 0.6 is 0 Å². The standard InChI is InChI=1S/C14H9F6N3O2/c1-24-8-4-6(2-3-7(8)25-14(19)20)5-21-23-11-9(15)12(17)22-13(18)10(11)16/h2-5,14H,1H3,(H,22,23)/b21-5+. The average molecular weight is 365 g/mol. The number of nitrogens with one attached hydrogen (secondary N) is 1. The van der Waals surface area contributed by atoms with Crippen LogP contribution in [0.15, 0.2) is 23.3 Å². The summed E-state index contributed by atoms with van der Waals surface area (Å²) in [6.07, 6.45) is 1.00. The van der Waals surface area contributed by atoms with E-state index in [0.717, 1.165) is 12.3 Å². The number of anilines is 1. The van der Waals surface area contributed by atoms with Gasteiger partial charge in [-0.15, -0.1) is 0 Å². The molecule has 0 spiro atoms. The van der Waals surface area contributed by atoms with Gasteiger partial charge in [-0.1, -0.05) is 0 Å². The number of rotatable bonds is 6. The van der Waals surface area contributed by atoms with Crippen LogP contribution in [-0.4, -0.2) is 24.9 Å². The molecule has 0 aliphatic heterocycles. The van der Waals surface area contributed by atoms with Crippen LogP contribution < -0.4 is 14.9 Å². The first kappa shape index (κ1) is 18.4. The molecular weight excluding hydrogens is 356 g/mol. The predicted molar refractivity (Wildman–Crippen MR) is 74.9 cm³/mol. The van der Waals surface area contributed by atoms with Crippen molar-refractivity contribution in [3.8, 4) is 11.5 Å². The number of hydrogen-bond donors (Lipinski definition) is 1. The minimum atomic E-state index is -3.06. The number of hydrogen-bond acceptors (Lipinski definition) is 5. The molecule has 2 aromatic rings. The molecular formula is C14H9F6N3O2. The molecule has 0 amide bonds. The van der Waals surface area contributed by atoms with Gasteiger partial charge in [0.2, 0.25) is 11.6 Å². The number of ether oxygens (including phenoxy) is 2. The maximum Gasteiger partial charge on any atom is 0.387 e. The lowest BCUT2D eigenvalue weighted by Crippen LogP contribution is -2.06. The Balaban J connectivity index is 2.21. The summed E-state index contributed by atoms with van der Waals surface area (Å²) in [6.45, 7) is -3.06. The number of alkyl halides is 2. The second kappa shape index (κ2) is 7.73. The molecule has 0 fully saturated rings. The number of hydrazone groups is 1. The van der Waals surface area contributed by atoms with E-state index < -0.39 is 35.8 Å². The van der Waals surface area contributed by atoms with Gasteiger partial charge in [-0.3, -0.25) is 5.43 Å². The molecule has 1 aromatic heterocycles. The molecule has 11 heteroatoms. The van der Waals surface area contributed by atoms with Crippen LogP contribution in [0.3, 0.4) is 0 Å². The summed E-state index contributed by atoms with van der Waals surface area (Å²) >= 11 is 0. The number of halogens is 6. The lowest BCUT2D eigenvalue weighted by Gasteiger charge is -2.10. The predicted octanol–water partition coefficient (Wildman–Crippen LogP) is 3.69. The third-order valence-corrected chi connectivity index (χ3v) is 2.79. The van der Waals surface area contributed by atoms with E-state index in [1.807, 2.05) is 0 Å². The SMILES string of the molecule is COc1cc(/C=N/Nc2c(F)c(F)nc(F)c2F)ccc1OC(F)F. The van der Waals surface area contributed by atoms with E-state index in [9.17, 15) is 26.3 Å². The van der Waals surface area contributed by atoms with Crippen molar-refractivity contribution in [2.75, 3.05) is 12.5 Å². The highest BCUT2D eigenvalue weighted by molar-refractivity contribution is 5.81. The highest BCUT2D eigenvalue weighted by Crippen LogP contribution is 2.29. The van der Waals surface area contributed by atoms with Gasteiger partial charge in [0, 0.05) is 0 Å². The van der Waals surface area contributed by atoms with Gasteiger partial charge < -0.3 is 9.47 Å². The topological polar surface area (TPSA) is 55.7 Å². The van der Waals surface area contributed by atoms with Gasteiger partial charge in [-0.05, 0) is 23.8 Å². The largest absolute Gasteiger partial charge is 0.493 e. The third-order valence-electron chi connectivity index (χ3n) is 2.79. The minimum absolute atomic E-state index is 0.0531. The van der Waals surface area contributed by atoms with Gasteiger partial charge in [0.25, 0.3) is 11.9 Å². The Bertz CT molecular complexity index is 774. The minimum Gasteiger partial charge on any atom is -0.493 e. The summed E-state index contributed by atoms with van der Waals surface area (Å²) in [4.78, 5) is 2.39. The molecule has 5 nitrogen and oxygen atoms in total. The van der Waals surface area contributed by atoms with Crippen LogP contribution in [0, 0.1) is 23.5 Å². The average Bonchev–Trinajstić information content (AvgIpc) is 2.56.